The van der Waals surface area contributed by atoms with Gasteiger partial charge in [0.2, 0.25) is 0 Å². The molecule has 0 radical (unpaired) electrons. The maximum Gasteiger partial charge on any atom is 0.142 e. The molecule has 0 nitrogen and oxygen atoms in total. The molecular formula is C25H26ClF3. The Kier molecular flexibility index (Phi) is 6.06. The summed E-state index contributed by atoms with van der Waals surface area (Å²) in [5, 5.41) is -0.0541. The Hall–Kier alpha value is -1.74. The molecule has 0 spiro atoms. The van der Waals surface area contributed by atoms with E-state index < -0.39 is 17.5 Å². The first-order valence-electron chi connectivity index (χ1n) is 10.6. The summed E-state index contributed by atoms with van der Waals surface area (Å²) < 4.78 is 44.2. The van der Waals surface area contributed by atoms with E-state index in [1.54, 1.807) is 0 Å². The van der Waals surface area contributed by atoms with Gasteiger partial charge in [0.05, 0.1) is 10.6 Å². The number of halogens is 4. The lowest BCUT2D eigenvalue weighted by Gasteiger charge is -2.41. The molecule has 154 valence electrons. The molecule has 2 aliphatic rings. The van der Waals surface area contributed by atoms with Crippen molar-refractivity contribution in [1.29, 1.82) is 0 Å². The number of hydrogen-bond acceptors (Lipinski definition) is 0. The maximum atomic E-state index is 15.4. The molecule has 2 aliphatic carbocycles. The molecule has 0 aliphatic heterocycles. The molecule has 2 aromatic rings. The summed E-state index contributed by atoms with van der Waals surface area (Å²) in [7, 11) is 0. The van der Waals surface area contributed by atoms with Crippen molar-refractivity contribution in [2.45, 2.75) is 57.8 Å². The summed E-state index contributed by atoms with van der Waals surface area (Å²) in [4.78, 5) is 0. The van der Waals surface area contributed by atoms with Crippen molar-refractivity contribution >= 4 is 11.6 Å². The zero-order valence-electron chi connectivity index (χ0n) is 16.7. The van der Waals surface area contributed by atoms with E-state index in [1.165, 1.54) is 24.6 Å². The van der Waals surface area contributed by atoms with Gasteiger partial charge in [-0.05, 0) is 105 Å². The second kappa shape index (κ2) is 8.55. The van der Waals surface area contributed by atoms with Crippen LogP contribution >= 0.6 is 11.6 Å². The lowest BCUT2D eigenvalue weighted by atomic mass is 9.64. The SMILES string of the molecule is CC=CCCC1CCC2c3cc(F)c(-c4ccc(Cl)c(F)c4)c(F)c3CCC2C1. The van der Waals surface area contributed by atoms with Gasteiger partial charge in [0.1, 0.15) is 17.5 Å². The molecule has 0 N–H and O–H groups in total. The van der Waals surface area contributed by atoms with Gasteiger partial charge in [-0.3, -0.25) is 0 Å². The normalized spacial score (nSPS) is 23.8. The van der Waals surface area contributed by atoms with Crippen LogP contribution in [0.2, 0.25) is 5.02 Å². The van der Waals surface area contributed by atoms with Crippen molar-refractivity contribution in [2.24, 2.45) is 11.8 Å². The molecule has 4 heteroatoms. The van der Waals surface area contributed by atoms with E-state index in [0.717, 1.165) is 43.7 Å². The Morgan fingerprint density at radius 3 is 2.66 bits per heavy atom. The van der Waals surface area contributed by atoms with Crippen LogP contribution in [0, 0.1) is 29.3 Å². The van der Waals surface area contributed by atoms with Gasteiger partial charge in [-0.25, -0.2) is 13.2 Å². The van der Waals surface area contributed by atoms with Gasteiger partial charge >= 0.3 is 0 Å². The first-order chi connectivity index (χ1) is 14.0. The van der Waals surface area contributed by atoms with Crippen LogP contribution in [0.4, 0.5) is 13.2 Å². The van der Waals surface area contributed by atoms with E-state index in [2.05, 4.69) is 12.2 Å². The highest BCUT2D eigenvalue weighted by atomic mass is 35.5. The molecule has 0 saturated heterocycles. The fourth-order valence-electron chi connectivity index (χ4n) is 5.36. The summed E-state index contributed by atoms with van der Waals surface area (Å²) in [6, 6.07) is 5.44. The average Bonchev–Trinajstić information content (AvgIpc) is 2.70. The van der Waals surface area contributed by atoms with Crippen LogP contribution in [-0.4, -0.2) is 0 Å². The second-order valence-electron chi connectivity index (χ2n) is 8.47. The third kappa shape index (κ3) is 3.99. The molecule has 0 bridgehead atoms. The highest BCUT2D eigenvalue weighted by Crippen LogP contribution is 2.49. The fraction of sp³-hybridized carbons (Fsp3) is 0.440. The highest BCUT2D eigenvalue weighted by Gasteiger charge is 2.37. The summed E-state index contributed by atoms with van der Waals surface area (Å²) in [5.41, 5.74) is 1.50. The maximum absolute atomic E-state index is 15.4. The van der Waals surface area contributed by atoms with Crippen LogP contribution < -0.4 is 0 Å². The molecule has 2 aromatic carbocycles. The topological polar surface area (TPSA) is 0 Å². The van der Waals surface area contributed by atoms with Crippen LogP contribution in [0.1, 0.15) is 62.5 Å². The zero-order chi connectivity index (χ0) is 20.5. The minimum Gasteiger partial charge on any atom is -0.206 e. The number of allylic oxidation sites excluding steroid dienone is 2. The van der Waals surface area contributed by atoms with Crippen LogP contribution in [0.5, 0.6) is 0 Å². The molecular weight excluding hydrogens is 393 g/mol. The Labute approximate surface area is 175 Å². The smallest absolute Gasteiger partial charge is 0.142 e. The first-order valence-corrected chi connectivity index (χ1v) is 10.9. The quantitative estimate of drug-likeness (QED) is 0.438. The van der Waals surface area contributed by atoms with E-state index in [0.29, 0.717) is 23.8 Å². The van der Waals surface area contributed by atoms with Crippen LogP contribution in [0.3, 0.4) is 0 Å². The van der Waals surface area contributed by atoms with Crippen molar-refractivity contribution in [3.63, 3.8) is 0 Å². The molecule has 1 saturated carbocycles. The third-order valence-corrected chi connectivity index (χ3v) is 7.10. The number of benzene rings is 2. The van der Waals surface area contributed by atoms with E-state index in [1.807, 2.05) is 6.92 Å². The van der Waals surface area contributed by atoms with Gasteiger partial charge in [-0.15, -0.1) is 0 Å². The number of rotatable bonds is 4. The molecule has 29 heavy (non-hydrogen) atoms. The first kappa shape index (κ1) is 20.5. The van der Waals surface area contributed by atoms with Crippen molar-refractivity contribution in [3.05, 3.63) is 70.0 Å². The van der Waals surface area contributed by atoms with Gasteiger partial charge in [0, 0.05) is 0 Å². The minimum absolute atomic E-state index is 0.0541. The standard InChI is InChI=1S/C25H26ClF3/c1-2-3-4-5-15-6-9-18-16(12-15)7-10-19-20(18)14-23(28)24(25(19)29)17-8-11-21(26)22(27)13-17/h2-3,8,11,13-16,18H,4-7,9-10,12H2,1H3. The summed E-state index contributed by atoms with van der Waals surface area (Å²) in [6.45, 7) is 2.05. The van der Waals surface area contributed by atoms with Crippen LogP contribution in [0.25, 0.3) is 11.1 Å². The lowest BCUT2D eigenvalue weighted by molar-refractivity contribution is 0.201. The highest BCUT2D eigenvalue weighted by molar-refractivity contribution is 6.30. The van der Waals surface area contributed by atoms with Crippen LogP contribution in [0.15, 0.2) is 36.4 Å². The van der Waals surface area contributed by atoms with E-state index in [9.17, 15) is 8.78 Å². The summed E-state index contributed by atoms with van der Waals surface area (Å²) >= 11 is 5.72. The van der Waals surface area contributed by atoms with E-state index >= 15 is 4.39 Å². The zero-order valence-corrected chi connectivity index (χ0v) is 17.4. The Morgan fingerprint density at radius 2 is 1.90 bits per heavy atom. The summed E-state index contributed by atoms with van der Waals surface area (Å²) in [6.07, 6.45) is 11.4. The van der Waals surface area contributed by atoms with Gasteiger partial charge in [0.15, 0.2) is 0 Å². The Balaban J connectivity index is 1.63. The predicted octanol–water partition coefficient (Wildman–Crippen LogP) is 8.23. The lowest BCUT2D eigenvalue weighted by Crippen LogP contribution is -2.29. The fourth-order valence-corrected chi connectivity index (χ4v) is 5.48. The second-order valence-corrected chi connectivity index (χ2v) is 8.88. The minimum atomic E-state index is -0.669. The molecule has 1 fully saturated rings. The molecule has 4 rings (SSSR count). The van der Waals surface area contributed by atoms with E-state index in [4.69, 9.17) is 11.6 Å². The van der Waals surface area contributed by atoms with Gasteiger partial charge in [-0.1, -0.05) is 29.8 Å². The third-order valence-electron chi connectivity index (χ3n) is 6.80. The van der Waals surface area contributed by atoms with Crippen molar-refractivity contribution in [1.82, 2.24) is 0 Å². The monoisotopic (exact) mass is 418 g/mol. The van der Waals surface area contributed by atoms with Crippen LogP contribution in [-0.2, 0) is 6.42 Å². The molecule has 0 heterocycles. The number of fused-ring (bicyclic) bond motifs is 3. The van der Waals surface area contributed by atoms with Crippen molar-refractivity contribution in [2.75, 3.05) is 0 Å². The van der Waals surface area contributed by atoms with Crippen molar-refractivity contribution in [3.8, 4) is 11.1 Å². The summed E-state index contributed by atoms with van der Waals surface area (Å²) in [5.74, 6) is -0.368. The largest absolute Gasteiger partial charge is 0.206 e. The van der Waals surface area contributed by atoms with E-state index in [-0.39, 0.29) is 22.1 Å². The van der Waals surface area contributed by atoms with Crippen molar-refractivity contribution < 1.29 is 13.2 Å². The van der Waals surface area contributed by atoms with Gasteiger partial charge < -0.3 is 0 Å². The Morgan fingerprint density at radius 1 is 1.07 bits per heavy atom. The average molecular weight is 419 g/mol. The molecule has 0 amide bonds. The Bertz CT molecular complexity index is 934. The molecule has 3 atom stereocenters. The molecule has 3 unspecified atom stereocenters. The predicted molar refractivity (Wildman–Crippen MR) is 113 cm³/mol. The van der Waals surface area contributed by atoms with Gasteiger partial charge in [0.25, 0.3) is 0 Å². The molecule has 0 aromatic heterocycles. The number of hydrogen-bond donors (Lipinski definition) is 0. The van der Waals surface area contributed by atoms with Gasteiger partial charge in [-0.2, -0.15) is 0 Å².